The topological polar surface area (TPSA) is 63.3 Å². The Bertz CT molecular complexity index is 5540. The van der Waals surface area contributed by atoms with Gasteiger partial charge in [-0.2, -0.15) is 0 Å². The van der Waals surface area contributed by atoms with E-state index in [9.17, 15) is 0 Å². The van der Waals surface area contributed by atoms with E-state index < -0.39 is 0 Å². The minimum absolute atomic E-state index is 0.609. The molecule has 0 unspecified atom stereocenters. The Morgan fingerprint density at radius 2 is 0.483 bits per heavy atom. The lowest BCUT2D eigenvalue weighted by molar-refractivity contribution is 0.997. The maximum Gasteiger partial charge on any atom is 0.160 e. The van der Waals surface area contributed by atoms with Crippen LogP contribution in [-0.2, 0) is 0 Å². The maximum absolute atomic E-state index is 6.07. The Hall–Kier alpha value is -12.1. The number of benzene rings is 12. The second-order valence-electron chi connectivity index (χ2n) is 23.0. The van der Waals surface area contributed by atoms with E-state index in [1.54, 1.807) is 0 Å². The van der Waals surface area contributed by atoms with E-state index in [0.29, 0.717) is 5.82 Å². The van der Waals surface area contributed by atoms with Gasteiger partial charge in [0.05, 0.1) is 106 Å². The van der Waals surface area contributed by atoms with Gasteiger partial charge in [-0.1, -0.05) is 224 Å². The molecular formula is C81H50N8. The minimum Gasteiger partial charge on any atom is -0.306 e. The molecule has 0 radical (unpaired) electrons. The monoisotopic (exact) mass is 1130 g/mol. The van der Waals surface area contributed by atoms with Gasteiger partial charge >= 0.3 is 0 Å². The Morgan fingerprint density at radius 1 is 0.213 bits per heavy atom. The Kier molecular flexibility index (Phi) is 10.6. The Labute approximate surface area is 509 Å². The molecule has 89 heavy (non-hydrogen) atoms. The molecule has 0 aliphatic rings. The van der Waals surface area contributed by atoms with Gasteiger partial charge in [-0.15, -0.1) is 0 Å². The van der Waals surface area contributed by atoms with Crippen molar-refractivity contribution in [3.05, 3.63) is 303 Å². The van der Waals surface area contributed by atoms with Crippen molar-refractivity contribution in [3.8, 4) is 62.3 Å². The molecule has 0 atom stereocenters. The molecule has 8 nitrogen and oxygen atoms in total. The highest BCUT2D eigenvalue weighted by Gasteiger charge is 2.37. The summed E-state index contributed by atoms with van der Waals surface area (Å²) in [6.45, 7) is 0. The number of aromatic nitrogens is 8. The standard InChI is InChI=1S/C81H50N8/c1-3-26-51(27-4-1)62-50-63(84-81(83-62)52-28-5-2-6-29-52)74-76(85-64-39-16-7-30-53(64)54-31-8-17-40-65(54)85)78(87-68-43-20-11-34-57(68)58-35-12-21-44-69(58)87)80(89-72-47-24-15-38-61(72)75-73(89)48-25-49-82-75)79(88-70-45-22-13-36-59(70)60-37-14-23-46-71(60)88)77(74)86-66-41-18-9-32-55(66)56-33-10-19-42-67(56)86/h1-50H. The third-order valence-electron chi connectivity index (χ3n) is 18.3. The minimum atomic E-state index is 0.609. The predicted octanol–water partition coefficient (Wildman–Crippen LogP) is 20.4. The highest BCUT2D eigenvalue weighted by molar-refractivity contribution is 6.19. The van der Waals surface area contributed by atoms with Crippen molar-refractivity contribution in [2.24, 2.45) is 0 Å². The third-order valence-corrected chi connectivity index (χ3v) is 18.3. The van der Waals surface area contributed by atoms with Crippen LogP contribution in [0.2, 0.25) is 0 Å². The summed E-state index contributed by atoms with van der Waals surface area (Å²) in [7, 11) is 0. The molecule has 19 aromatic rings. The van der Waals surface area contributed by atoms with Gasteiger partial charge in [0.15, 0.2) is 5.82 Å². The van der Waals surface area contributed by atoms with Crippen molar-refractivity contribution >= 4 is 109 Å². The van der Waals surface area contributed by atoms with Crippen LogP contribution in [0.25, 0.3) is 171 Å². The fourth-order valence-corrected chi connectivity index (χ4v) is 14.7. The third kappa shape index (κ3) is 7.08. The van der Waals surface area contributed by atoms with E-state index in [1.165, 1.54) is 0 Å². The lowest BCUT2D eigenvalue weighted by Gasteiger charge is -2.31. The first-order valence-electron chi connectivity index (χ1n) is 30.3. The number of fused-ring (bicyclic) bond motifs is 15. The molecule has 0 aliphatic heterocycles. The zero-order chi connectivity index (χ0) is 58.3. The summed E-state index contributed by atoms with van der Waals surface area (Å²) in [5, 5.41) is 10.1. The lowest BCUT2D eigenvalue weighted by atomic mass is 9.96. The van der Waals surface area contributed by atoms with Crippen molar-refractivity contribution in [3.63, 3.8) is 0 Å². The SMILES string of the molecule is c1ccc(-c2cc(-c3c(-n4c5ccccc5c5ccccc54)c(-n4c5ccccc5c5ccccc54)c(-n4c5ccccc5c5ncccc54)c(-n4c5ccccc5c5ccccc54)c3-n3c4ccccc4c4ccccc43)nc(-c3ccccc3)n2)cc1. The van der Waals surface area contributed by atoms with Gasteiger partial charge in [-0.25, -0.2) is 9.97 Å². The molecule has 12 aromatic carbocycles. The van der Waals surface area contributed by atoms with Gasteiger partial charge in [-0.05, 0) is 72.8 Å². The van der Waals surface area contributed by atoms with Gasteiger partial charge in [0.1, 0.15) is 0 Å². The molecule has 7 aromatic heterocycles. The summed E-state index contributed by atoms with van der Waals surface area (Å²) < 4.78 is 12.8. The molecule has 0 amide bonds. The summed E-state index contributed by atoms with van der Waals surface area (Å²) >= 11 is 0. The van der Waals surface area contributed by atoms with Crippen LogP contribution in [0.3, 0.4) is 0 Å². The van der Waals surface area contributed by atoms with Crippen LogP contribution >= 0.6 is 0 Å². The van der Waals surface area contributed by atoms with Gasteiger partial charge < -0.3 is 22.8 Å². The number of hydrogen-bond donors (Lipinski definition) is 0. The molecule has 0 aliphatic carbocycles. The smallest absolute Gasteiger partial charge is 0.160 e. The van der Waals surface area contributed by atoms with Gasteiger partial charge in [0.25, 0.3) is 0 Å². The first-order chi connectivity index (χ1) is 44.2. The molecule has 0 fully saturated rings. The zero-order valence-electron chi connectivity index (χ0n) is 47.9. The van der Waals surface area contributed by atoms with Crippen LogP contribution in [0, 0.1) is 0 Å². The largest absolute Gasteiger partial charge is 0.306 e. The van der Waals surface area contributed by atoms with Crippen LogP contribution in [0.4, 0.5) is 0 Å². The number of hydrogen-bond acceptors (Lipinski definition) is 3. The molecule has 19 rings (SSSR count). The van der Waals surface area contributed by atoms with E-state index in [2.05, 4.69) is 320 Å². The molecule has 8 heteroatoms. The molecule has 0 bridgehead atoms. The fraction of sp³-hybridized carbons (Fsp3) is 0. The zero-order valence-corrected chi connectivity index (χ0v) is 47.9. The average molecular weight is 1140 g/mol. The molecule has 7 heterocycles. The average Bonchev–Trinajstić information content (AvgIpc) is 1.64. The first kappa shape index (κ1) is 49.2. The normalized spacial score (nSPS) is 12.0. The quantitative estimate of drug-likeness (QED) is 0.152. The second kappa shape index (κ2) is 19.2. The van der Waals surface area contributed by atoms with Crippen LogP contribution in [-0.4, -0.2) is 37.8 Å². The summed E-state index contributed by atoms with van der Waals surface area (Å²) in [5.41, 5.74) is 20.3. The molecule has 414 valence electrons. The van der Waals surface area contributed by atoms with Crippen LogP contribution < -0.4 is 0 Å². The summed E-state index contributed by atoms with van der Waals surface area (Å²) in [4.78, 5) is 17.0. The number of rotatable bonds is 8. The van der Waals surface area contributed by atoms with E-state index in [1.807, 2.05) is 6.20 Å². The van der Waals surface area contributed by atoms with Crippen molar-refractivity contribution in [1.82, 2.24) is 37.8 Å². The molecule has 0 saturated carbocycles. The van der Waals surface area contributed by atoms with Crippen molar-refractivity contribution in [2.45, 2.75) is 0 Å². The van der Waals surface area contributed by atoms with Crippen LogP contribution in [0.15, 0.2) is 303 Å². The summed E-state index contributed by atoms with van der Waals surface area (Å²) in [6.07, 6.45) is 1.93. The van der Waals surface area contributed by atoms with E-state index in [-0.39, 0.29) is 0 Å². The second-order valence-corrected chi connectivity index (χ2v) is 23.0. The highest BCUT2D eigenvalue weighted by atomic mass is 15.2. The number of nitrogens with zero attached hydrogens (tertiary/aromatic N) is 8. The van der Waals surface area contributed by atoms with Gasteiger partial charge in [0, 0.05) is 65.8 Å². The maximum atomic E-state index is 6.07. The molecular weight excluding hydrogens is 1080 g/mol. The van der Waals surface area contributed by atoms with E-state index in [0.717, 1.165) is 166 Å². The van der Waals surface area contributed by atoms with Crippen LogP contribution in [0.5, 0.6) is 0 Å². The molecule has 0 spiro atoms. The number of para-hydroxylation sites is 9. The van der Waals surface area contributed by atoms with E-state index in [4.69, 9.17) is 15.0 Å². The Morgan fingerprint density at radius 3 is 0.865 bits per heavy atom. The predicted molar refractivity (Wildman–Crippen MR) is 368 cm³/mol. The lowest BCUT2D eigenvalue weighted by Crippen LogP contribution is -2.18. The highest BCUT2D eigenvalue weighted by Crippen LogP contribution is 2.54. The number of pyridine rings is 1. The van der Waals surface area contributed by atoms with Gasteiger partial charge in [-0.3, -0.25) is 4.98 Å². The first-order valence-corrected chi connectivity index (χ1v) is 30.3. The van der Waals surface area contributed by atoms with Crippen molar-refractivity contribution < 1.29 is 0 Å². The van der Waals surface area contributed by atoms with E-state index >= 15 is 0 Å². The van der Waals surface area contributed by atoms with Crippen molar-refractivity contribution in [1.29, 1.82) is 0 Å². The van der Waals surface area contributed by atoms with Crippen molar-refractivity contribution in [2.75, 3.05) is 0 Å². The summed E-state index contributed by atoms with van der Waals surface area (Å²) in [5.74, 6) is 0.609. The molecule has 0 N–H and O–H groups in total. The van der Waals surface area contributed by atoms with Gasteiger partial charge in [0.2, 0.25) is 0 Å². The Balaban J connectivity index is 1.22. The molecule has 0 saturated heterocycles. The van der Waals surface area contributed by atoms with Crippen LogP contribution in [0.1, 0.15) is 0 Å². The summed E-state index contributed by atoms with van der Waals surface area (Å²) in [6, 6.07) is 108. The fourth-order valence-electron chi connectivity index (χ4n) is 14.7.